The zero-order valence-electron chi connectivity index (χ0n) is 19.3. The van der Waals surface area contributed by atoms with E-state index in [2.05, 4.69) is 5.32 Å². The third kappa shape index (κ3) is 3.86. The van der Waals surface area contributed by atoms with Crippen molar-refractivity contribution in [2.75, 3.05) is 0 Å². The quantitative estimate of drug-likeness (QED) is 0.250. The van der Waals surface area contributed by atoms with Crippen LogP contribution in [0.2, 0.25) is 0 Å². The molecule has 0 aliphatic carbocycles. The van der Waals surface area contributed by atoms with Gasteiger partial charge in [-0.3, -0.25) is 10.2 Å². The number of amides is 1. The molecule has 37 heavy (non-hydrogen) atoms. The minimum atomic E-state index is -0.643. The van der Waals surface area contributed by atoms with Gasteiger partial charge in [0.15, 0.2) is 0 Å². The molecule has 5 nitrogen and oxygen atoms in total. The number of fused-ring (bicyclic) bond motifs is 8. The molecule has 184 valence electrons. The largest absolute Gasteiger partial charge is 0.384 e. The minimum Gasteiger partial charge on any atom is -0.384 e. The first-order valence-electron chi connectivity index (χ1n) is 11.6. The number of hydrogen-bond acceptors (Lipinski definition) is 3. The molecule has 2 heterocycles. The number of nitrogen functional groups attached to an aromatic ring is 1. The second-order valence-electron chi connectivity index (χ2n) is 9.11. The van der Waals surface area contributed by atoms with E-state index in [0.717, 1.165) is 34.4 Å². The molecule has 4 aromatic carbocycles. The average molecular weight is 499 g/mol. The van der Waals surface area contributed by atoms with Gasteiger partial charge in [-0.05, 0) is 64.2 Å². The standard InChI is InChI=1S/C29H20F3N3O2/c30-18-5-8-19(25(32)12-18)14-3-6-20-22(9-14)27-23-10-16(4-7-21(23)26(20)37-27)29(36)35-13-17-2-1-15(28(33)34)11-24(17)31/h1-12,26-27H,13H2,(H3,33,34)(H,35,36). The fourth-order valence-electron chi connectivity index (χ4n) is 5.01. The van der Waals surface area contributed by atoms with Crippen molar-refractivity contribution in [3.63, 3.8) is 0 Å². The summed E-state index contributed by atoms with van der Waals surface area (Å²) in [4.78, 5) is 12.9. The van der Waals surface area contributed by atoms with E-state index in [1.165, 1.54) is 24.3 Å². The van der Waals surface area contributed by atoms with Gasteiger partial charge in [-0.2, -0.15) is 0 Å². The third-order valence-electron chi connectivity index (χ3n) is 6.88. The highest BCUT2D eigenvalue weighted by atomic mass is 19.1. The molecule has 8 heteroatoms. The van der Waals surface area contributed by atoms with Crippen molar-refractivity contribution < 1.29 is 22.7 Å². The summed E-state index contributed by atoms with van der Waals surface area (Å²) in [5.41, 5.74) is 10.9. The first-order valence-corrected chi connectivity index (χ1v) is 11.6. The summed E-state index contributed by atoms with van der Waals surface area (Å²) in [5, 5.41) is 10.1. The molecule has 2 bridgehead atoms. The molecule has 6 rings (SSSR count). The van der Waals surface area contributed by atoms with Crippen molar-refractivity contribution in [2.45, 2.75) is 18.8 Å². The lowest BCUT2D eigenvalue weighted by Gasteiger charge is -2.18. The topological polar surface area (TPSA) is 88.2 Å². The van der Waals surface area contributed by atoms with Crippen LogP contribution >= 0.6 is 0 Å². The summed E-state index contributed by atoms with van der Waals surface area (Å²) in [5.74, 6) is -2.45. The molecule has 2 unspecified atom stereocenters. The highest BCUT2D eigenvalue weighted by Crippen LogP contribution is 2.54. The first-order chi connectivity index (χ1) is 17.8. The minimum absolute atomic E-state index is 0.0298. The van der Waals surface area contributed by atoms with Crippen LogP contribution in [-0.2, 0) is 11.3 Å². The van der Waals surface area contributed by atoms with E-state index >= 15 is 0 Å². The van der Waals surface area contributed by atoms with Crippen molar-refractivity contribution >= 4 is 11.7 Å². The number of amidine groups is 1. The number of nitrogens with one attached hydrogen (secondary N) is 2. The predicted octanol–water partition coefficient (Wildman–Crippen LogP) is 5.51. The molecule has 2 atom stereocenters. The molecule has 0 aromatic heterocycles. The van der Waals surface area contributed by atoms with Crippen LogP contribution in [0.5, 0.6) is 0 Å². The Kier molecular flexibility index (Phi) is 5.35. The summed E-state index contributed by atoms with van der Waals surface area (Å²) in [6, 6.07) is 18.5. The molecule has 0 spiro atoms. The summed E-state index contributed by atoms with van der Waals surface area (Å²) in [7, 11) is 0. The zero-order valence-corrected chi connectivity index (χ0v) is 19.3. The van der Waals surface area contributed by atoms with Gasteiger partial charge in [-0.25, -0.2) is 13.2 Å². The van der Waals surface area contributed by atoms with Crippen LogP contribution in [0.15, 0.2) is 72.8 Å². The highest BCUT2D eigenvalue weighted by molar-refractivity contribution is 5.95. The Morgan fingerprint density at radius 1 is 0.811 bits per heavy atom. The van der Waals surface area contributed by atoms with Gasteiger partial charge in [0.25, 0.3) is 5.91 Å². The maximum absolute atomic E-state index is 14.4. The fourth-order valence-corrected chi connectivity index (χ4v) is 5.01. The summed E-state index contributed by atoms with van der Waals surface area (Å²) < 4.78 is 48.3. The lowest BCUT2D eigenvalue weighted by atomic mass is 9.83. The van der Waals surface area contributed by atoms with Crippen molar-refractivity contribution in [1.82, 2.24) is 5.32 Å². The van der Waals surface area contributed by atoms with Gasteiger partial charge in [0, 0.05) is 34.9 Å². The van der Waals surface area contributed by atoms with E-state index in [9.17, 15) is 18.0 Å². The molecule has 2 aliphatic heterocycles. The van der Waals surface area contributed by atoms with Crippen LogP contribution in [0.4, 0.5) is 13.2 Å². The van der Waals surface area contributed by atoms with E-state index in [1.807, 2.05) is 18.2 Å². The Bertz CT molecular complexity index is 1620. The molecule has 0 radical (unpaired) electrons. The number of ether oxygens (including phenoxy) is 1. The zero-order chi connectivity index (χ0) is 25.8. The van der Waals surface area contributed by atoms with Crippen LogP contribution < -0.4 is 11.1 Å². The molecular weight excluding hydrogens is 479 g/mol. The summed E-state index contributed by atoms with van der Waals surface area (Å²) in [6.07, 6.45) is -0.698. The Morgan fingerprint density at radius 3 is 2.24 bits per heavy atom. The van der Waals surface area contributed by atoms with Crippen LogP contribution in [-0.4, -0.2) is 11.7 Å². The smallest absolute Gasteiger partial charge is 0.251 e. The number of carbonyl (C=O) groups excluding carboxylic acids is 1. The number of hydrogen-bond donors (Lipinski definition) is 3. The second kappa shape index (κ2) is 8.60. The van der Waals surface area contributed by atoms with E-state index in [0.29, 0.717) is 16.7 Å². The van der Waals surface area contributed by atoms with Gasteiger partial charge in [0.05, 0.1) is 0 Å². The Morgan fingerprint density at radius 2 is 1.51 bits per heavy atom. The van der Waals surface area contributed by atoms with Crippen molar-refractivity contribution in [3.05, 3.63) is 129 Å². The van der Waals surface area contributed by atoms with E-state index in [-0.39, 0.29) is 35.5 Å². The van der Waals surface area contributed by atoms with Gasteiger partial charge in [-0.15, -0.1) is 0 Å². The van der Waals surface area contributed by atoms with Gasteiger partial charge < -0.3 is 15.8 Å². The SMILES string of the molecule is N=C(N)c1ccc(CNC(=O)c2ccc3c(c2)C2OC3c3ccc(-c4ccc(F)cc4F)cc32)c(F)c1. The normalized spacial score (nSPS) is 16.8. The Labute approximate surface area is 210 Å². The van der Waals surface area contributed by atoms with Crippen LogP contribution in [0.3, 0.4) is 0 Å². The van der Waals surface area contributed by atoms with Gasteiger partial charge in [0.1, 0.15) is 35.5 Å². The molecular formula is C29H20F3N3O2. The van der Waals surface area contributed by atoms with E-state index in [4.69, 9.17) is 15.9 Å². The monoisotopic (exact) mass is 499 g/mol. The predicted molar refractivity (Wildman–Crippen MR) is 132 cm³/mol. The highest BCUT2D eigenvalue weighted by Gasteiger charge is 2.43. The molecule has 0 saturated carbocycles. The van der Waals surface area contributed by atoms with Crippen LogP contribution in [0, 0.1) is 22.9 Å². The molecule has 4 aromatic rings. The number of rotatable bonds is 5. The Hall–Kier alpha value is -4.43. The number of benzene rings is 4. The lowest BCUT2D eigenvalue weighted by Crippen LogP contribution is -2.24. The van der Waals surface area contributed by atoms with Gasteiger partial charge >= 0.3 is 0 Å². The first kappa shape index (κ1) is 23.0. The molecule has 0 saturated heterocycles. The average Bonchev–Trinajstić information content (AvgIpc) is 3.44. The summed E-state index contributed by atoms with van der Waals surface area (Å²) in [6.45, 7) is -0.0298. The van der Waals surface area contributed by atoms with Crippen molar-refractivity contribution in [3.8, 4) is 11.1 Å². The fraction of sp³-hybridized carbons (Fsp3) is 0.103. The maximum Gasteiger partial charge on any atom is 0.251 e. The Balaban J connectivity index is 1.24. The molecule has 4 N–H and O–H groups in total. The van der Waals surface area contributed by atoms with Crippen molar-refractivity contribution in [2.24, 2.45) is 5.73 Å². The molecule has 1 amide bonds. The van der Waals surface area contributed by atoms with Crippen molar-refractivity contribution in [1.29, 1.82) is 5.41 Å². The number of carbonyl (C=O) groups is 1. The molecule has 2 aliphatic rings. The van der Waals surface area contributed by atoms with Crippen LogP contribution in [0.25, 0.3) is 11.1 Å². The van der Waals surface area contributed by atoms with E-state index in [1.54, 1.807) is 18.2 Å². The number of nitrogens with two attached hydrogens (primary N) is 1. The van der Waals surface area contributed by atoms with Gasteiger partial charge in [0.2, 0.25) is 0 Å². The third-order valence-corrected chi connectivity index (χ3v) is 6.88. The van der Waals surface area contributed by atoms with Crippen LogP contribution in [0.1, 0.15) is 55.9 Å². The maximum atomic E-state index is 14.4. The lowest BCUT2D eigenvalue weighted by molar-refractivity contribution is 0.0857. The summed E-state index contributed by atoms with van der Waals surface area (Å²) >= 11 is 0. The number of halogens is 3. The van der Waals surface area contributed by atoms with E-state index < -0.39 is 23.6 Å². The second-order valence-corrected chi connectivity index (χ2v) is 9.11. The molecule has 0 fully saturated rings. The van der Waals surface area contributed by atoms with Gasteiger partial charge in [-0.1, -0.05) is 30.3 Å².